The highest BCUT2D eigenvalue weighted by atomic mass is 16.6. The third kappa shape index (κ3) is 12.6. The number of hydrogen-bond donors (Lipinski definition) is 0. The third-order valence-corrected chi connectivity index (χ3v) is 2.90. The SMILES string of the molecule is C=CC(=O)OC(C)C(=O)OCCOCCOCCOC(=O)C(C)OC(=O)C=C. The van der Waals surface area contributed by atoms with Crippen molar-refractivity contribution < 1.29 is 47.6 Å². The second kappa shape index (κ2) is 15.3. The van der Waals surface area contributed by atoms with Crippen molar-refractivity contribution in [1.82, 2.24) is 0 Å². The lowest BCUT2D eigenvalue weighted by molar-refractivity contribution is -0.165. The van der Waals surface area contributed by atoms with E-state index in [-0.39, 0.29) is 39.6 Å². The van der Waals surface area contributed by atoms with E-state index in [1.54, 1.807) is 0 Å². The van der Waals surface area contributed by atoms with Gasteiger partial charge in [0, 0.05) is 12.2 Å². The monoisotopic (exact) mass is 402 g/mol. The smallest absolute Gasteiger partial charge is 0.347 e. The second-order valence-electron chi connectivity index (χ2n) is 5.13. The van der Waals surface area contributed by atoms with Crippen LogP contribution in [0.2, 0.25) is 0 Å². The summed E-state index contributed by atoms with van der Waals surface area (Å²) in [4.78, 5) is 44.9. The van der Waals surface area contributed by atoms with Crippen molar-refractivity contribution in [1.29, 1.82) is 0 Å². The number of carbonyl (C=O) groups is 4. The van der Waals surface area contributed by atoms with Gasteiger partial charge >= 0.3 is 23.9 Å². The molecular weight excluding hydrogens is 376 g/mol. The summed E-state index contributed by atoms with van der Waals surface area (Å²) in [6.45, 7) is 9.94. The molecule has 0 radical (unpaired) electrons. The fourth-order valence-electron chi connectivity index (χ4n) is 1.50. The van der Waals surface area contributed by atoms with Crippen LogP contribution in [0.5, 0.6) is 0 Å². The lowest BCUT2D eigenvalue weighted by Gasteiger charge is -2.12. The lowest BCUT2D eigenvalue weighted by Crippen LogP contribution is -2.27. The van der Waals surface area contributed by atoms with Crippen molar-refractivity contribution in [2.24, 2.45) is 0 Å². The third-order valence-electron chi connectivity index (χ3n) is 2.90. The highest BCUT2D eigenvalue weighted by Crippen LogP contribution is 1.97. The van der Waals surface area contributed by atoms with Crippen molar-refractivity contribution in [3.63, 3.8) is 0 Å². The zero-order valence-corrected chi connectivity index (χ0v) is 16.0. The van der Waals surface area contributed by atoms with Gasteiger partial charge in [-0.25, -0.2) is 19.2 Å². The lowest BCUT2D eigenvalue weighted by atomic mass is 10.4. The van der Waals surface area contributed by atoms with Crippen LogP contribution in [-0.2, 0) is 47.6 Å². The van der Waals surface area contributed by atoms with Crippen LogP contribution in [0.3, 0.4) is 0 Å². The average Bonchev–Trinajstić information content (AvgIpc) is 2.68. The molecule has 0 heterocycles. The molecule has 0 saturated heterocycles. The summed E-state index contributed by atoms with van der Waals surface area (Å²) in [5, 5.41) is 0. The molecule has 0 aliphatic rings. The van der Waals surface area contributed by atoms with Crippen molar-refractivity contribution in [3.05, 3.63) is 25.3 Å². The highest BCUT2D eigenvalue weighted by molar-refractivity contribution is 5.85. The van der Waals surface area contributed by atoms with Crippen LogP contribution in [0.4, 0.5) is 0 Å². The van der Waals surface area contributed by atoms with E-state index < -0.39 is 36.1 Å². The van der Waals surface area contributed by atoms with E-state index in [1.807, 2.05) is 0 Å². The molecule has 0 rings (SSSR count). The minimum absolute atomic E-state index is 0.00621. The number of esters is 4. The van der Waals surface area contributed by atoms with E-state index in [4.69, 9.17) is 28.4 Å². The molecule has 158 valence electrons. The Morgan fingerprint density at radius 2 is 1.00 bits per heavy atom. The maximum absolute atomic E-state index is 11.5. The molecule has 0 aromatic heterocycles. The van der Waals surface area contributed by atoms with Gasteiger partial charge in [-0.1, -0.05) is 13.2 Å². The summed E-state index contributed by atoms with van der Waals surface area (Å²) >= 11 is 0. The predicted octanol–water partition coefficient (Wildman–Crippen LogP) is 0.341. The molecule has 10 heteroatoms. The zero-order valence-electron chi connectivity index (χ0n) is 16.0. The quantitative estimate of drug-likeness (QED) is 0.164. The van der Waals surface area contributed by atoms with E-state index in [1.165, 1.54) is 13.8 Å². The molecule has 2 unspecified atom stereocenters. The van der Waals surface area contributed by atoms with Gasteiger partial charge in [0.2, 0.25) is 0 Å². The molecule has 0 N–H and O–H groups in total. The van der Waals surface area contributed by atoms with Crippen LogP contribution in [0, 0.1) is 0 Å². The summed E-state index contributed by atoms with van der Waals surface area (Å²) in [7, 11) is 0. The van der Waals surface area contributed by atoms with Gasteiger partial charge in [-0.05, 0) is 13.8 Å². The molecule has 0 aliphatic carbocycles. The summed E-state index contributed by atoms with van der Waals surface area (Å²) in [5.74, 6) is -2.80. The summed E-state index contributed by atoms with van der Waals surface area (Å²) < 4.78 is 29.5. The van der Waals surface area contributed by atoms with Gasteiger partial charge in [-0.3, -0.25) is 0 Å². The minimum Gasteiger partial charge on any atom is -0.461 e. The standard InChI is InChI=1S/C18H26O10/c1-5-15(19)27-13(3)17(21)25-11-9-23-7-8-24-10-12-26-18(22)14(4)28-16(20)6-2/h5-6,13-14H,1-2,7-12H2,3-4H3. The van der Waals surface area contributed by atoms with Gasteiger partial charge < -0.3 is 28.4 Å². The fourth-order valence-corrected chi connectivity index (χ4v) is 1.50. The highest BCUT2D eigenvalue weighted by Gasteiger charge is 2.18. The Bertz CT molecular complexity index is 494. The maximum Gasteiger partial charge on any atom is 0.347 e. The molecule has 0 spiro atoms. The molecule has 0 saturated carbocycles. The van der Waals surface area contributed by atoms with Gasteiger partial charge in [0.05, 0.1) is 26.4 Å². The zero-order chi connectivity index (χ0) is 21.4. The average molecular weight is 402 g/mol. The number of hydrogen-bond acceptors (Lipinski definition) is 10. The Kier molecular flexibility index (Phi) is 13.9. The molecule has 0 aromatic carbocycles. The Morgan fingerprint density at radius 1 is 0.679 bits per heavy atom. The van der Waals surface area contributed by atoms with E-state index >= 15 is 0 Å². The first kappa shape index (κ1) is 25.3. The Balaban J connectivity index is 3.57. The largest absolute Gasteiger partial charge is 0.461 e. The van der Waals surface area contributed by atoms with E-state index in [2.05, 4.69) is 13.2 Å². The predicted molar refractivity (Wildman–Crippen MR) is 95.1 cm³/mol. The van der Waals surface area contributed by atoms with Crippen LogP contribution >= 0.6 is 0 Å². The summed E-state index contributed by atoms with van der Waals surface area (Å²) in [6, 6.07) is 0. The number of carbonyl (C=O) groups excluding carboxylic acids is 4. The molecular formula is C18H26O10. The summed E-state index contributed by atoms with van der Waals surface area (Å²) in [6.07, 6.45) is -0.155. The van der Waals surface area contributed by atoms with Crippen molar-refractivity contribution in [2.75, 3.05) is 39.6 Å². The van der Waals surface area contributed by atoms with Crippen LogP contribution in [0.15, 0.2) is 25.3 Å². The van der Waals surface area contributed by atoms with E-state index in [0.29, 0.717) is 0 Å². The first-order valence-electron chi connectivity index (χ1n) is 8.46. The van der Waals surface area contributed by atoms with E-state index in [0.717, 1.165) is 12.2 Å². The Morgan fingerprint density at radius 3 is 1.32 bits per heavy atom. The van der Waals surface area contributed by atoms with Crippen molar-refractivity contribution >= 4 is 23.9 Å². The molecule has 0 aliphatic heterocycles. The van der Waals surface area contributed by atoms with Gasteiger partial charge in [0.25, 0.3) is 0 Å². The fraction of sp³-hybridized carbons (Fsp3) is 0.556. The van der Waals surface area contributed by atoms with E-state index in [9.17, 15) is 19.2 Å². The Labute approximate surface area is 163 Å². The molecule has 0 amide bonds. The molecule has 0 fully saturated rings. The minimum atomic E-state index is -1.03. The molecule has 0 bridgehead atoms. The molecule has 10 nitrogen and oxygen atoms in total. The van der Waals surface area contributed by atoms with Gasteiger partial charge in [0.15, 0.2) is 12.2 Å². The summed E-state index contributed by atoms with van der Waals surface area (Å²) in [5.41, 5.74) is 0. The first-order chi connectivity index (χ1) is 13.3. The van der Waals surface area contributed by atoms with Gasteiger partial charge in [-0.2, -0.15) is 0 Å². The normalized spacial score (nSPS) is 12.2. The molecule has 0 aromatic rings. The topological polar surface area (TPSA) is 124 Å². The van der Waals surface area contributed by atoms with Crippen LogP contribution < -0.4 is 0 Å². The van der Waals surface area contributed by atoms with Crippen LogP contribution in [-0.4, -0.2) is 75.7 Å². The number of rotatable bonds is 15. The second-order valence-corrected chi connectivity index (χ2v) is 5.13. The van der Waals surface area contributed by atoms with Crippen LogP contribution in [0.25, 0.3) is 0 Å². The molecule has 28 heavy (non-hydrogen) atoms. The maximum atomic E-state index is 11.5. The van der Waals surface area contributed by atoms with Crippen molar-refractivity contribution in [2.45, 2.75) is 26.1 Å². The van der Waals surface area contributed by atoms with Crippen molar-refractivity contribution in [3.8, 4) is 0 Å². The molecule has 2 atom stereocenters. The number of ether oxygens (including phenoxy) is 6. The van der Waals surface area contributed by atoms with Gasteiger partial charge in [-0.15, -0.1) is 0 Å². The first-order valence-corrected chi connectivity index (χ1v) is 8.46. The van der Waals surface area contributed by atoms with Gasteiger partial charge in [0.1, 0.15) is 13.2 Å². The Hall–Kier alpha value is -2.72. The van der Waals surface area contributed by atoms with Crippen LogP contribution in [0.1, 0.15) is 13.8 Å².